The number of rotatable bonds is 7. The van der Waals surface area contributed by atoms with Crippen LogP contribution in [0.25, 0.3) is 0 Å². The first-order chi connectivity index (χ1) is 21.6. The zero-order valence-corrected chi connectivity index (χ0v) is 28.8. The van der Waals surface area contributed by atoms with E-state index in [1.54, 1.807) is 38.1 Å². The Bertz CT molecular complexity index is 1270. The fourth-order valence-electron chi connectivity index (χ4n) is 5.69. The molecule has 0 unspecified atom stereocenters. The van der Waals surface area contributed by atoms with Gasteiger partial charge in [0.1, 0.15) is 24.2 Å². The van der Waals surface area contributed by atoms with Gasteiger partial charge in [0.15, 0.2) is 0 Å². The Morgan fingerprint density at radius 3 is 2.26 bits per heavy atom. The van der Waals surface area contributed by atoms with E-state index in [0.717, 1.165) is 0 Å². The smallest absolute Gasteiger partial charge is 0.246 e. The summed E-state index contributed by atoms with van der Waals surface area (Å²) in [5, 5.41) is 14.3. The number of nitrogens with one attached hydrogen (secondary N) is 5. The summed E-state index contributed by atoms with van der Waals surface area (Å²) in [5.41, 5.74) is 0.436. The van der Waals surface area contributed by atoms with Gasteiger partial charge in [0, 0.05) is 19.0 Å². The molecule has 2 fully saturated rings. The van der Waals surface area contributed by atoms with Crippen LogP contribution >= 0.6 is 11.8 Å². The standard InChI is InChI=1S/C33H50N6O6S/c1-19(2)28-32(45)39-18-22(35-27(41)17-33(4,5)6)15-25(39)31(44)34-20(3)29(42)37-24(21-11-9-8-10-12-21)16-26(40)36-23(13-14-46-7)30(43)38-28/h8-12,19-20,22-25,28H,13-18H2,1-7H3,(H,34,44)(H,35,41)(H,36,40)(H,37,42)(H,38,43)/t20-,22-,23-,24-,25-,28-/m0/s1. The summed E-state index contributed by atoms with van der Waals surface area (Å²) in [6.07, 6.45) is 2.50. The van der Waals surface area contributed by atoms with Gasteiger partial charge in [0.25, 0.3) is 0 Å². The van der Waals surface area contributed by atoms with E-state index in [2.05, 4.69) is 26.6 Å². The average Bonchev–Trinajstić information content (AvgIpc) is 3.39. The molecule has 13 heteroatoms. The molecule has 2 saturated heterocycles. The maximum atomic E-state index is 14.1. The molecular formula is C33H50N6O6S. The normalized spacial score (nSPS) is 27.0. The number of fused-ring (bicyclic) bond motifs is 1. The summed E-state index contributed by atoms with van der Waals surface area (Å²) in [7, 11) is 0. The summed E-state index contributed by atoms with van der Waals surface area (Å²) < 4.78 is 0. The number of amides is 6. The monoisotopic (exact) mass is 658 g/mol. The number of benzene rings is 1. The largest absolute Gasteiger partial charge is 0.351 e. The van der Waals surface area contributed by atoms with Crippen LogP contribution in [0.5, 0.6) is 0 Å². The molecule has 2 heterocycles. The van der Waals surface area contributed by atoms with Gasteiger partial charge in [-0.05, 0) is 48.7 Å². The lowest BCUT2D eigenvalue weighted by molar-refractivity contribution is -0.143. The zero-order valence-electron chi connectivity index (χ0n) is 28.0. The number of carbonyl (C=O) groups excluding carboxylic acids is 6. The number of thioether (sulfide) groups is 1. The van der Waals surface area contributed by atoms with Crippen LogP contribution in [0.4, 0.5) is 0 Å². The maximum absolute atomic E-state index is 14.1. The van der Waals surface area contributed by atoms with Crippen molar-refractivity contribution < 1.29 is 28.8 Å². The average molecular weight is 659 g/mol. The molecule has 1 aromatic rings. The molecule has 3 rings (SSSR count). The first-order valence-corrected chi connectivity index (χ1v) is 17.3. The summed E-state index contributed by atoms with van der Waals surface area (Å²) in [5.74, 6) is -2.44. The Morgan fingerprint density at radius 2 is 1.65 bits per heavy atom. The topological polar surface area (TPSA) is 166 Å². The van der Waals surface area contributed by atoms with Crippen molar-refractivity contribution in [3.05, 3.63) is 35.9 Å². The van der Waals surface area contributed by atoms with Crippen LogP contribution in [0.3, 0.4) is 0 Å². The van der Waals surface area contributed by atoms with Crippen LogP contribution in [0.1, 0.15) is 78.8 Å². The Balaban J connectivity index is 1.99. The van der Waals surface area contributed by atoms with E-state index in [4.69, 9.17) is 0 Å². The fourth-order valence-corrected chi connectivity index (χ4v) is 6.16. The molecule has 0 bridgehead atoms. The van der Waals surface area contributed by atoms with Crippen LogP contribution in [-0.4, -0.2) is 89.1 Å². The molecule has 1 aromatic carbocycles. The molecule has 5 N–H and O–H groups in total. The zero-order chi connectivity index (χ0) is 34.2. The van der Waals surface area contributed by atoms with Gasteiger partial charge in [-0.3, -0.25) is 28.8 Å². The predicted octanol–water partition coefficient (Wildman–Crippen LogP) is 1.65. The van der Waals surface area contributed by atoms with Gasteiger partial charge in [0.05, 0.1) is 12.5 Å². The van der Waals surface area contributed by atoms with Crippen LogP contribution in [0.2, 0.25) is 0 Å². The van der Waals surface area contributed by atoms with E-state index >= 15 is 0 Å². The van der Waals surface area contributed by atoms with E-state index in [1.807, 2.05) is 33.1 Å². The Hall–Kier alpha value is -3.61. The lowest BCUT2D eigenvalue weighted by Gasteiger charge is -2.32. The summed E-state index contributed by atoms with van der Waals surface area (Å²) in [6, 6.07) is 3.90. The molecule has 0 radical (unpaired) electrons. The highest BCUT2D eigenvalue weighted by Crippen LogP contribution is 2.24. The van der Waals surface area contributed by atoms with Gasteiger partial charge < -0.3 is 31.5 Å². The van der Waals surface area contributed by atoms with Gasteiger partial charge in [0.2, 0.25) is 35.4 Å². The Morgan fingerprint density at radius 1 is 0.978 bits per heavy atom. The van der Waals surface area contributed by atoms with E-state index in [1.165, 1.54) is 23.6 Å². The molecule has 0 saturated carbocycles. The molecule has 0 aliphatic carbocycles. The van der Waals surface area contributed by atoms with Gasteiger partial charge in [-0.15, -0.1) is 0 Å². The molecule has 2 aliphatic rings. The molecule has 6 amide bonds. The van der Waals surface area contributed by atoms with E-state index in [0.29, 0.717) is 17.7 Å². The summed E-state index contributed by atoms with van der Waals surface area (Å²) in [6.45, 7) is 11.0. The second-order valence-corrected chi connectivity index (χ2v) is 14.8. The van der Waals surface area contributed by atoms with Crippen LogP contribution < -0.4 is 26.6 Å². The third-order valence-electron chi connectivity index (χ3n) is 8.10. The van der Waals surface area contributed by atoms with Gasteiger partial charge in [-0.2, -0.15) is 11.8 Å². The molecule has 6 atom stereocenters. The minimum atomic E-state index is -0.994. The van der Waals surface area contributed by atoms with E-state index in [-0.39, 0.29) is 43.0 Å². The van der Waals surface area contributed by atoms with Crippen LogP contribution in [0.15, 0.2) is 30.3 Å². The molecule has 0 spiro atoms. The molecular weight excluding hydrogens is 608 g/mol. The van der Waals surface area contributed by atoms with Crippen molar-refractivity contribution in [3.63, 3.8) is 0 Å². The number of carbonyl (C=O) groups is 6. The van der Waals surface area contributed by atoms with Crippen LogP contribution in [-0.2, 0) is 28.8 Å². The Kier molecular flexibility index (Phi) is 13.0. The minimum absolute atomic E-state index is 0.0647. The molecule has 254 valence electrons. The highest BCUT2D eigenvalue weighted by Gasteiger charge is 2.44. The van der Waals surface area contributed by atoms with Crippen molar-refractivity contribution >= 4 is 47.2 Å². The maximum Gasteiger partial charge on any atom is 0.246 e. The molecule has 2 aliphatic heterocycles. The quantitative estimate of drug-likeness (QED) is 0.297. The van der Waals surface area contributed by atoms with Crippen molar-refractivity contribution in [3.8, 4) is 0 Å². The highest BCUT2D eigenvalue weighted by molar-refractivity contribution is 7.98. The van der Waals surface area contributed by atoms with Crippen molar-refractivity contribution in [1.29, 1.82) is 0 Å². The first kappa shape index (κ1) is 36.9. The second kappa shape index (κ2) is 16.3. The van der Waals surface area contributed by atoms with Crippen molar-refractivity contribution in [2.45, 2.75) is 103 Å². The predicted molar refractivity (Wildman–Crippen MR) is 177 cm³/mol. The molecule has 46 heavy (non-hydrogen) atoms. The third-order valence-corrected chi connectivity index (χ3v) is 8.74. The number of hydrogen-bond donors (Lipinski definition) is 5. The Labute approximate surface area is 276 Å². The van der Waals surface area contributed by atoms with E-state index < -0.39 is 65.8 Å². The second-order valence-electron chi connectivity index (χ2n) is 13.8. The molecule has 12 nitrogen and oxygen atoms in total. The van der Waals surface area contributed by atoms with Crippen molar-refractivity contribution in [2.24, 2.45) is 11.3 Å². The lowest BCUT2D eigenvalue weighted by atomic mass is 9.92. The van der Waals surface area contributed by atoms with Crippen molar-refractivity contribution in [2.75, 3.05) is 18.6 Å². The fraction of sp³-hybridized carbons (Fsp3) is 0.636. The third kappa shape index (κ3) is 10.5. The van der Waals surface area contributed by atoms with Crippen molar-refractivity contribution in [1.82, 2.24) is 31.5 Å². The van der Waals surface area contributed by atoms with Gasteiger partial charge >= 0.3 is 0 Å². The molecule has 0 aromatic heterocycles. The van der Waals surface area contributed by atoms with Gasteiger partial charge in [-0.25, -0.2) is 0 Å². The highest BCUT2D eigenvalue weighted by atomic mass is 32.2. The van der Waals surface area contributed by atoms with E-state index in [9.17, 15) is 28.8 Å². The first-order valence-electron chi connectivity index (χ1n) is 15.9. The number of nitrogens with zero attached hydrogens (tertiary/aromatic N) is 1. The van der Waals surface area contributed by atoms with Gasteiger partial charge in [-0.1, -0.05) is 65.0 Å². The lowest BCUT2D eigenvalue weighted by Crippen LogP contribution is -2.59. The summed E-state index contributed by atoms with van der Waals surface area (Å²) in [4.78, 5) is 82.4. The summed E-state index contributed by atoms with van der Waals surface area (Å²) >= 11 is 1.52. The minimum Gasteiger partial charge on any atom is -0.351 e. The SMILES string of the molecule is CSCC[C@@H]1NC(=O)C[C@@H](c2ccccc2)NC(=O)[C@H](C)NC(=O)[C@@H]2C[C@H](NC(=O)CC(C)(C)C)CN2C(=O)[C@H](C(C)C)NC1=O. The number of hydrogen-bond acceptors (Lipinski definition) is 7. The van der Waals surface area contributed by atoms with Crippen LogP contribution in [0, 0.1) is 11.3 Å².